The minimum atomic E-state index is -0.842. The normalized spacial score (nSPS) is 10.3. The zero-order valence-electron chi connectivity index (χ0n) is 18.1. The van der Waals surface area contributed by atoms with Crippen molar-refractivity contribution in [2.75, 3.05) is 66.1 Å². The summed E-state index contributed by atoms with van der Waals surface area (Å²) in [6.45, 7) is 8.86. The van der Waals surface area contributed by atoms with Crippen LogP contribution in [0.4, 0.5) is 0 Å². The number of carboxylic acid groups (broad SMARTS) is 1. The van der Waals surface area contributed by atoms with Crippen molar-refractivity contribution in [1.29, 1.82) is 0 Å². The molecule has 0 atom stereocenters. The predicted octanol–water partition coefficient (Wildman–Crippen LogP) is 2.04. The Kier molecular flexibility index (Phi) is 27.6. The third kappa shape index (κ3) is 31.7. The molecule has 0 heterocycles. The molecule has 0 saturated carbocycles. The summed E-state index contributed by atoms with van der Waals surface area (Å²) in [4.78, 5) is 21.4. The molecule has 0 rings (SSSR count). The summed E-state index contributed by atoms with van der Waals surface area (Å²) in [7, 11) is 0. The molecule has 29 heavy (non-hydrogen) atoms. The van der Waals surface area contributed by atoms with Crippen molar-refractivity contribution in [3.8, 4) is 0 Å². The Morgan fingerprint density at radius 3 is 1.83 bits per heavy atom. The molecule has 0 aromatic carbocycles. The smallest absolute Gasteiger partial charge is 0.305 e. The molecule has 0 radical (unpaired) electrons. The first-order valence-corrected chi connectivity index (χ1v) is 10.4. The first kappa shape index (κ1) is 29.9. The number of aliphatic hydroxyl groups excluding tert-OH is 1. The van der Waals surface area contributed by atoms with Crippen LogP contribution in [0.5, 0.6) is 0 Å². The Bertz CT molecular complexity index is 343. The van der Waals surface area contributed by atoms with Crippen molar-refractivity contribution in [3.63, 3.8) is 0 Å². The third-order valence-corrected chi connectivity index (χ3v) is 3.34. The Labute approximate surface area is 174 Å². The number of carboxylic acids is 1. The van der Waals surface area contributed by atoms with Gasteiger partial charge in [-0.25, -0.2) is 0 Å². The van der Waals surface area contributed by atoms with E-state index in [1.54, 1.807) is 0 Å². The maximum atomic E-state index is 11.2. The van der Waals surface area contributed by atoms with E-state index >= 15 is 0 Å². The molecule has 0 aromatic heterocycles. The Hall–Kier alpha value is -1.26. The molecule has 0 aliphatic rings. The van der Waals surface area contributed by atoms with E-state index in [4.69, 9.17) is 33.9 Å². The molecule has 0 unspecified atom stereocenters. The van der Waals surface area contributed by atoms with Crippen LogP contribution in [0.15, 0.2) is 0 Å². The summed E-state index contributed by atoms with van der Waals surface area (Å²) in [6, 6.07) is 0. The number of rotatable bonds is 20. The Morgan fingerprint density at radius 2 is 1.24 bits per heavy atom. The highest BCUT2D eigenvalue weighted by Gasteiger charge is 2.03. The largest absolute Gasteiger partial charge is 0.481 e. The summed E-state index contributed by atoms with van der Waals surface area (Å²) in [5.41, 5.74) is 0. The molecule has 0 bridgehead atoms. The van der Waals surface area contributed by atoms with Gasteiger partial charge in [0.15, 0.2) is 0 Å². The second-order valence-corrected chi connectivity index (χ2v) is 5.93. The van der Waals surface area contributed by atoms with Gasteiger partial charge in [-0.3, -0.25) is 9.59 Å². The number of carbonyl (C=O) groups is 2. The molecule has 174 valence electrons. The molecule has 9 heteroatoms. The standard InChI is InChI=1S/C12H22O6.C8H18O3/c1-2-16-7-8-17-9-10-18-12(15)6-4-3-5-11(13)14;1-2-3-5-10-7-8-11-6-4-9/h2-10H2,1H3,(H,13,14);9H,2-8H2,1H3. The van der Waals surface area contributed by atoms with E-state index in [0.29, 0.717) is 59.1 Å². The second-order valence-electron chi connectivity index (χ2n) is 5.93. The van der Waals surface area contributed by atoms with E-state index in [1.165, 1.54) is 0 Å². The van der Waals surface area contributed by atoms with Gasteiger partial charge in [-0.1, -0.05) is 13.3 Å². The minimum absolute atomic E-state index is 0.0911. The number of aliphatic hydroxyl groups is 1. The van der Waals surface area contributed by atoms with Crippen molar-refractivity contribution in [2.24, 2.45) is 0 Å². The van der Waals surface area contributed by atoms with Gasteiger partial charge >= 0.3 is 11.9 Å². The summed E-state index contributed by atoms with van der Waals surface area (Å²) in [5.74, 6) is -1.15. The number of unbranched alkanes of at least 4 members (excludes halogenated alkanes) is 2. The molecule has 0 aliphatic carbocycles. The van der Waals surface area contributed by atoms with Crippen molar-refractivity contribution in [2.45, 2.75) is 52.4 Å². The molecule has 0 amide bonds. The minimum Gasteiger partial charge on any atom is -0.481 e. The van der Waals surface area contributed by atoms with Gasteiger partial charge in [-0.2, -0.15) is 0 Å². The number of hydrogen-bond donors (Lipinski definition) is 2. The van der Waals surface area contributed by atoms with Gasteiger partial charge in [0.05, 0.1) is 46.2 Å². The van der Waals surface area contributed by atoms with Crippen molar-refractivity contribution in [1.82, 2.24) is 0 Å². The second kappa shape index (κ2) is 26.7. The van der Waals surface area contributed by atoms with Crippen LogP contribution in [0.3, 0.4) is 0 Å². The number of esters is 1. The first-order valence-electron chi connectivity index (χ1n) is 10.4. The van der Waals surface area contributed by atoms with E-state index in [9.17, 15) is 9.59 Å². The average Bonchev–Trinajstić information content (AvgIpc) is 2.70. The summed E-state index contributed by atoms with van der Waals surface area (Å²) >= 11 is 0. The van der Waals surface area contributed by atoms with E-state index in [0.717, 1.165) is 19.4 Å². The predicted molar refractivity (Wildman–Crippen MR) is 108 cm³/mol. The van der Waals surface area contributed by atoms with Gasteiger partial charge in [0.25, 0.3) is 0 Å². The quantitative estimate of drug-likeness (QED) is 0.223. The lowest BCUT2D eigenvalue weighted by atomic mass is 10.2. The molecule has 2 N–H and O–H groups in total. The molecule has 0 aromatic rings. The van der Waals surface area contributed by atoms with Crippen LogP contribution >= 0.6 is 0 Å². The van der Waals surface area contributed by atoms with Crippen LogP contribution < -0.4 is 0 Å². The Morgan fingerprint density at radius 1 is 0.690 bits per heavy atom. The number of aliphatic carboxylic acids is 1. The molecule has 9 nitrogen and oxygen atoms in total. The van der Waals surface area contributed by atoms with E-state index in [1.807, 2.05) is 6.92 Å². The fourth-order valence-electron chi connectivity index (χ4n) is 1.83. The zero-order valence-corrected chi connectivity index (χ0v) is 18.1. The fourth-order valence-corrected chi connectivity index (χ4v) is 1.83. The van der Waals surface area contributed by atoms with Crippen LogP contribution in [-0.4, -0.2) is 88.2 Å². The number of ether oxygens (including phenoxy) is 5. The highest BCUT2D eigenvalue weighted by molar-refractivity contribution is 5.69. The molecular weight excluding hydrogens is 384 g/mol. The fraction of sp³-hybridized carbons (Fsp3) is 0.900. The summed E-state index contributed by atoms with van der Waals surface area (Å²) < 4.78 is 25.3. The van der Waals surface area contributed by atoms with Crippen LogP contribution in [0, 0.1) is 0 Å². The van der Waals surface area contributed by atoms with Gasteiger partial charge in [-0.15, -0.1) is 0 Å². The molecule has 0 saturated heterocycles. The topological polar surface area (TPSA) is 121 Å². The summed E-state index contributed by atoms with van der Waals surface area (Å²) in [5, 5.41) is 16.7. The zero-order chi connectivity index (χ0) is 22.0. The van der Waals surface area contributed by atoms with Crippen molar-refractivity contribution >= 4 is 11.9 Å². The van der Waals surface area contributed by atoms with E-state index in [-0.39, 0.29) is 32.0 Å². The highest BCUT2D eigenvalue weighted by Crippen LogP contribution is 2.01. The highest BCUT2D eigenvalue weighted by atomic mass is 16.6. The molecule has 0 aliphatic heterocycles. The van der Waals surface area contributed by atoms with E-state index < -0.39 is 5.97 Å². The summed E-state index contributed by atoms with van der Waals surface area (Å²) in [6.07, 6.45) is 3.66. The van der Waals surface area contributed by atoms with Crippen LogP contribution in [0.25, 0.3) is 0 Å². The molecule has 0 fully saturated rings. The monoisotopic (exact) mass is 424 g/mol. The van der Waals surface area contributed by atoms with Crippen LogP contribution in [0.2, 0.25) is 0 Å². The van der Waals surface area contributed by atoms with Crippen LogP contribution in [0.1, 0.15) is 52.4 Å². The lowest BCUT2D eigenvalue weighted by Crippen LogP contribution is -2.12. The maximum absolute atomic E-state index is 11.2. The number of hydrogen-bond acceptors (Lipinski definition) is 8. The van der Waals surface area contributed by atoms with Gasteiger partial charge in [-0.05, 0) is 26.2 Å². The van der Waals surface area contributed by atoms with Gasteiger partial charge in [0.1, 0.15) is 6.61 Å². The van der Waals surface area contributed by atoms with Gasteiger partial charge in [0, 0.05) is 26.1 Å². The van der Waals surface area contributed by atoms with Gasteiger partial charge < -0.3 is 33.9 Å². The van der Waals surface area contributed by atoms with Gasteiger partial charge in [0.2, 0.25) is 0 Å². The van der Waals surface area contributed by atoms with Crippen molar-refractivity contribution in [3.05, 3.63) is 0 Å². The SMILES string of the molecule is CCCCOCCOCCO.CCOCCOCCOC(=O)CCCCC(=O)O. The van der Waals surface area contributed by atoms with Crippen molar-refractivity contribution < 1.29 is 43.5 Å². The average molecular weight is 425 g/mol. The van der Waals surface area contributed by atoms with Crippen LogP contribution in [-0.2, 0) is 33.3 Å². The van der Waals surface area contributed by atoms with E-state index in [2.05, 4.69) is 6.92 Å². The third-order valence-electron chi connectivity index (χ3n) is 3.34. The number of carbonyl (C=O) groups excluding carboxylic acids is 1. The first-order chi connectivity index (χ1) is 14.1. The lowest BCUT2D eigenvalue weighted by molar-refractivity contribution is -0.146. The maximum Gasteiger partial charge on any atom is 0.305 e. The lowest BCUT2D eigenvalue weighted by Gasteiger charge is -2.06. The Balaban J connectivity index is 0. The molecule has 0 spiro atoms. The molecular formula is C20H40O9.